The molecule has 442 valence electrons. The van der Waals surface area contributed by atoms with Crippen LogP contribution in [-0.2, 0) is 42.9 Å². The Kier molecular flexibility index (Phi) is 26.0. The molecule has 0 bridgehead atoms. The van der Waals surface area contributed by atoms with Crippen LogP contribution in [-0.4, -0.2) is 20.4 Å². The average Bonchev–Trinajstić information content (AvgIpc) is 3.44. The fourth-order valence-corrected chi connectivity index (χ4v) is 12.0. The van der Waals surface area contributed by atoms with Gasteiger partial charge in [0, 0.05) is 46.4 Å². The number of phenols is 4. The number of phenolic OH excluding ortho intramolecular Hbond substituents is 4. The van der Waals surface area contributed by atoms with E-state index in [1.165, 1.54) is 110 Å². The Bertz CT molecular complexity index is 2630. The Hall–Kier alpha value is -5.48. The topological polar surface area (TPSA) is 80.9 Å². The van der Waals surface area contributed by atoms with Crippen molar-refractivity contribution in [2.24, 2.45) is 11.8 Å². The van der Waals surface area contributed by atoms with Crippen LogP contribution in [0.1, 0.15) is 289 Å². The zero-order valence-corrected chi connectivity index (χ0v) is 53.5. The summed E-state index contributed by atoms with van der Waals surface area (Å²) in [6.45, 7) is 32.8. The lowest BCUT2D eigenvalue weighted by Crippen LogP contribution is -2.16. The molecule has 0 aliphatic carbocycles. The molecule has 0 radical (unpaired) electrons. The van der Waals surface area contributed by atoms with Crippen LogP contribution < -0.4 is 0 Å². The van der Waals surface area contributed by atoms with E-state index in [9.17, 15) is 20.4 Å². The molecule has 0 saturated carbocycles. The highest BCUT2D eigenvalue weighted by Gasteiger charge is 2.29. The first-order valence-electron chi connectivity index (χ1n) is 32.0. The van der Waals surface area contributed by atoms with Gasteiger partial charge in [0.25, 0.3) is 0 Å². The third-order valence-electron chi connectivity index (χ3n) is 16.8. The summed E-state index contributed by atoms with van der Waals surface area (Å²) in [5, 5.41) is 46.5. The third kappa shape index (κ3) is 19.8. The number of aryl methyl sites for hydroxylation is 2. The van der Waals surface area contributed by atoms with Gasteiger partial charge in [-0.25, -0.2) is 0 Å². The highest BCUT2D eigenvalue weighted by molar-refractivity contribution is 5.57. The number of hydrogen-bond donors (Lipinski definition) is 4. The Morgan fingerprint density at radius 3 is 0.975 bits per heavy atom. The highest BCUT2D eigenvalue weighted by atomic mass is 16.3. The van der Waals surface area contributed by atoms with Crippen molar-refractivity contribution in [3.63, 3.8) is 0 Å². The van der Waals surface area contributed by atoms with Gasteiger partial charge >= 0.3 is 0 Å². The van der Waals surface area contributed by atoms with Crippen molar-refractivity contribution in [3.8, 4) is 23.0 Å². The highest BCUT2D eigenvalue weighted by Crippen LogP contribution is 2.46. The van der Waals surface area contributed by atoms with Crippen molar-refractivity contribution in [3.05, 3.63) is 187 Å². The molecule has 0 saturated heterocycles. The summed E-state index contributed by atoms with van der Waals surface area (Å²) in [6.07, 6.45) is 22.4. The van der Waals surface area contributed by atoms with E-state index in [4.69, 9.17) is 0 Å². The molecule has 2 unspecified atom stereocenters. The normalized spacial score (nSPS) is 12.8. The maximum absolute atomic E-state index is 11.9. The van der Waals surface area contributed by atoms with Crippen LogP contribution in [0.5, 0.6) is 23.0 Å². The minimum atomic E-state index is -0.163. The zero-order chi connectivity index (χ0) is 59.4. The second-order valence-corrected chi connectivity index (χ2v) is 27.1. The Morgan fingerprint density at radius 1 is 0.346 bits per heavy atom. The molecule has 0 spiro atoms. The fraction of sp³-hybridized carbons (Fsp3) is 0.532. The lowest BCUT2D eigenvalue weighted by molar-refractivity contribution is 0.429. The SMILES string of the molecule is CC(C)Cc1cc(C(C)c2cc(CC(C)C)cc(C(C)(C)C)c2O)c(O)c(C(C)(C)C)c1.CCCCCCCCCc1cc(Cc2cc(CCCCCCCCC)cc(C(C)c3ccccc3)c2O)c(O)c(C(C)c2ccccc2)c1. The zero-order valence-electron chi connectivity index (χ0n) is 53.5. The minimum absolute atomic E-state index is 0.0693. The molecule has 4 N–H and O–H groups in total. The maximum Gasteiger partial charge on any atom is 0.123 e. The molecule has 0 aliphatic heterocycles. The predicted molar refractivity (Wildman–Crippen MR) is 349 cm³/mol. The summed E-state index contributed by atoms with van der Waals surface area (Å²) >= 11 is 0. The van der Waals surface area contributed by atoms with Crippen LogP contribution in [0.25, 0.3) is 0 Å². The number of hydrogen-bond acceptors (Lipinski definition) is 4. The molecular formula is C77H110O4. The van der Waals surface area contributed by atoms with Crippen LogP contribution >= 0.6 is 0 Å². The minimum Gasteiger partial charge on any atom is -0.507 e. The summed E-state index contributed by atoms with van der Waals surface area (Å²) in [6, 6.07) is 38.6. The van der Waals surface area contributed by atoms with Crippen molar-refractivity contribution >= 4 is 0 Å². The summed E-state index contributed by atoms with van der Waals surface area (Å²) < 4.78 is 0. The summed E-state index contributed by atoms with van der Waals surface area (Å²) in [7, 11) is 0. The molecule has 0 fully saturated rings. The van der Waals surface area contributed by atoms with Crippen LogP contribution in [0.3, 0.4) is 0 Å². The Balaban J connectivity index is 0.000000326. The van der Waals surface area contributed by atoms with E-state index < -0.39 is 0 Å². The van der Waals surface area contributed by atoms with Gasteiger partial charge < -0.3 is 20.4 Å². The fourth-order valence-electron chi connectivity index (χ4n) is 12.0. The van der Waals surface area contributed by atoms with Crippen molar-refractivity contribution in [1.29, 1.82) is 0 Å². The monoisotopic (exact) mass is 1100 g/mol. The van der Waals surface area contributed by atoms with E-state index in [0.717, 1.165) is 83.0 Å². The van der Waals surface area contributed by atoms with Gasteiger partial charge in [-0.2, -0.15) is 0 Å². The predicted octanol–water partition coefficient (Wildman–Crippen LogP) is 21.8. The van der Waals surface area contributed by atoms with E-state index in [-0.39, 0.29) is 28.6 Å². The van der Waals surface area contributed by atoms with Gasteiger partial charge in [-0.3, -0.25) is 0 Å². The lowest BCUT2D eigenvalue weighted by atomic mass is 9.77. The van der Waals surface area contributed by atoms with Gasteiger partial charge in [-0.1, -0.05) is 290 Å². The quantitative estimate of drug-likeness (QED) is 0.0369. The van der Waals surface area contributed by atoms with Gasteiger partial charge in [0.2, 0.25) is 0 Å². The maximum atomic E-state index is 11.9. The van der Waals surface area contributed by atoms with Crippen molar-refractivity contribution < 1.29 is 20.4 Å². The number of unbranched alkanes of at least 4 members (excludes halogenated alkanes) is 12. The standard InChI is InChI=1S/C47H64O2.C30H46O2/c1-5-7-9-11-13-15-19-25-38-31-42(46(48)44(33-38)36(3)40-27-21-17-22-28-40)35-43-32-39(26-20-16-14-12-10-8-6-2)34-45(47(43)49)37(4)41-29-23-18-24-30-41;1-18(2)12-21-14-23(27(31)25(16-21)29(6,7)8)20(5)24-15-22(13-19(3)4)17-26(28(24)32)30(9,10)11/h17-18,21-24,27-34,36-37,48-49H,5-16,19-20,25-26,35H2,1-4H3;14-20,31-32H,12-13H2,1-11H3. The van der Waals surface area contributed by atoms with Crippen LogP contribution in [0.2, 0.25) is 0 Å². The van der Waals surface area contributed by atoms with Crippen LogP contribution in [0, 0.1) is 11.8 Å². The molecular weight excluding hydrogens is 989 g/mol. The van der Waals surface area contributed by atoms with Crippen molar-refractivity contribution in [2.45, 2.75) is 254 Å². The first-order chi connectivity index (χ1) is 38.4. The van der Waals surface area contributed by atoms with Crippen molar-refractivity contribution in [2.75, 3.05) is 0 Å². The average molecular weight is 1100 g/mol. The molecule has 81 heavy (non-hydrogen) atoms. The van der Waals surface area contributed by atoms with E-state index >= 15 is 0 Å². The molecule has 0 amide bonds. The van der Waals surface area contributed by atoms with Crippen molar-refractivity contribution in [1.82, 2.24) is 0 Å². The molecule has 6 aromatic carbocycles. The number of rotatable bonds is 28. The van der Waals surface area contributed by atoms with Gasteiger partial charge in [0.1, 0.15) is 23.0 Å². The van der Waals surface area contributed by atoms with E-state index in [2.05, 4.69) is 213 Å². The van der Waals surface area contributed by atoms with Gasteiger partial charge in [-0.05, 0) is 117 Å². The van der Waals surface area contributed by atoms with Gasteiger partial charge in [0.15, 0.2) is 0 Å². The second kappa shape index (κ2) is 31.8. The summed E-state index contributed by atoms with van der Waals surface area (Å²) in [5.74, 6) is 2.56. The van der Waals surface area contributed by atoms with Gasteiger partial charge in [0.05, 0.1) is 0 Å². The van der Waals surface area contributed by atoms with Crippen LogP contribution in [0.15, 0.2) is 109 Å². The number of benzene rings is 6. The molecule has 6 rings (SSSR count). The third-order valence-corrected chi connectivity index (χ3v) is 16.8. The summed E-state index contributed by atoms with van der Waals surface area (Å²) in [4.78, 5) is 0. The van der Waals surface area contributed by atoms with E-state index in [0.29, 0.717) is 41.3 Å². The summed E-state index contributed by atoms with van der Waals surface area (Å²) in [5.41, 5.74) is 14.7. The molecule has 6 aromatic rings. The number of aromatic hydroxyl groups is 4. The molecule has 4 nitrogen and oxygen atoms in total. The molecule has 0 aromatic heterocycles. The molecule has 0 heterocycles. The molecule has 2 atom stereocenters. The first-order valence-corrected chi connectivity index (χ1v) is 32.0. The Morgan fingerprint density at radius 2 is 0.654 bits per heavy atom. The van der Waals surface area contributed by atoms with Crippen LogP contribution in [0.4, 0.5) is 0 Å². The Labute approximate surface area is 494 Å². The van der Waals surface area contributed by atoms with E-state index in [1.807, 2.05) is 0 Å². The smallest absolute Gasteiger partial charge is 0.123 e. The van der Waals surface area contributed by atoms with Gasteiger partial charge in [-0.15, -0.1) is 0 Å². The molecule has 0 aliphatic rings. The largest absolute Gasteiger partial charge is 0.507 e. The first kappa shape index (κ1) is 66.3. The second-order valence-electron chi connectivity index (χ2n) is 27.1. The lowest BCUT2D eigenvalue weighted by Gasteiger charge is -2.28. The van der Waals surface area contributed by atoms with E-state index in [1.54, 1.807) is 0 Å². The molecule has 4 heteroatoms.